The van der Waals surface area contributed by atoms with E-state index in [0.29, 0.717) is 0 Å². The number of esters is 1. The predicted octanol–water partition coefficient (Wildman–Crippen LogP) is 0.335. The van der Waals surface area contributed by atoms with Gasteiger partial charge in [0, 0.05) is 13.0 Å². The van der Waals surface area contributed by atoms with Gasteiger partial charge in [0.2, 0.25) is 11.8 Å². The highest BCUT2D eigenvalue weighted by atomic mass is 16.5. The first-order valence-corrected chi connectivity index (χ1v) is 4.80. The van der Waals surface area contributed by atoms with Crippen LogP contribution in [0.25, 0.3) is 0 Å². The molecule has 2 amide bonds. The van der Waals surface area contributed by atoms with Crippen LogP contribution in [0, 0.1) is 5.41 Å². The van der Waals surface area contributed by atoms with E-state index in [4.69, 9.17) is 0 Å². The number of ether oxygens (including phenoxy) is 1. The smallest absolute Gasteiger partial charge is 0.307 e. The normalized spacial score (nSPS) is 19.5. The van der Waals surface area contributed by atoms with E-state index in [-0.39, 0.29) is 31.2 Å². The highest BCUT2D eigenvalue weighted by Gasteiger charge is 2.44. The van der Waals surface area contributed by atoms with Gasteiger partial charge in [-0.05, 0) is 0 Å². The molecular formula is C10H15NO4. The molecule has 0 saturated carbocycles. The van der Waals surface area contributed by atoms with E-state index >= 15 is 0 Å². The maximum absolute atomic E-state index is 11.7. The van der Waals surface area contributed by atoms with Gasteiger partial charge in [-0.15, -0.1) is 0 Å². The van der Waals surface area contributed by atoms with E-state index in [9.17, 15) is 14.4 Å². The van der Waals surface area contributed by atoms with Crippen molar-refractivity contribution >= 4 is 17.8 Å². The van der Waals surface area contributed by atoms with Crippen LogP contribution in [-0.4, -0.2) is 36.3 Å². The van der Waals surface area contributed by atoms with Gasteiger partial charge in [0.25, 0.3) is 0 Å². The highest BCUT2D eigenvalue weighted by Crippen LogP contribution is 2.31. The zero-order valence-electron chi connectivity index (χ0n) is 9.20. The minimum absolute atomic E-state index is 0.0596. The molecule has 1 aliphatic rings. The van der Waals surface area contributed by atoms with Crippen molar-refractivity contribution in [1.29, 1.82) is 0 Å². The molecule has 0 aliphatic carbocycles. The predicted molar refractivity (Wildman–Crippen MR) is 51.8 cm³/mol. The molecular weight excluding hydrogens is 198 g/mol. The van der Waals surface area contributed by atoms with Gasteiger partial charge >= 0.3 is 5.97 Å². The van der Waals surface area contributed by atoms with Gasteiger partial charge in [0.05, 0.1) is 18.9 Å². The Morgan fingerprint density at radius 1 is 1.47 bits per heavy atom. The van der Waals surface area contributed by atoms with Crippen LogP contribution in [0.4, 0.5) is 0 Å². The maximum atomic E-state index is 11.7. The van der Waals surface area contributed by atoms with Crippen LogP contribution in [0.1, 0.15) is 26.7 Å². The number of nitrogens with zero attached hydrogens (tertiary/aromatic N) is 1. The topological polar surface area (TPSA) is 63.7 Å². The second-order valence-corrected chi connectivity index (χ2v) is 4.24. The Hall–Kier alpha value is -1.39. The van der Waals surface area contributed by atoms with E-state index in [1.54, 1.807) is 13.8 Å². The van der Waals surface area contributed by atoms with Crippen LogP contribution < -0.4 is 0 Å². The van der Waals surface area contributed by atoms with E-state index in [2.05, 4.69) is 4.74 Å². The van der Waals surface area contributed by atoms with E-state index < -0.39 is 11.4 Å². The first-order valence-electron chi connectivity index (χ1n) is 4.80. The van der Waals surface area contributed by atoms with Crippen molar-refractivity contribution in [3.63, 3.8) is 0 Å². The van der Waals surface area contributed by atoms with Gasteiger partial charge in [-0.1, -0.05) is 13.8 Å². The number of rotatable bonds is 3. The third-order valence-corrected chi connectivity index (χ3v) is 2.49. The number of carbonyl (C=O) groups excluding carboxylic acids is 3. The molecule has 15 heavy (non-hydrogen) atoms. The maximum Gasteiger partial charge on any atom is 0.307 e. The molecule has 0 unspecified atom stereocenters. The van der Waals surface area contributed by atoms with Crippen molar-refractivity contribution in [2.75, 3.05) is 13.7 Å². The summed E-state index contributed by atoms with van der Waals surface area (Å²) < 4.78 is 4.44. The average molecular weight is 213 g/mol. The van der Waals surface area contributed by atoms with E-state index in [0.717, 1.165) is 4.90 Å². The number of imide groups is 1. The van der Waals surface area contributed by atoms with Crippen LogP contribution in [0.3, 0.4) is 0 Å². The van der Waals surface area contributed by atoms with Crippen molar-refractivity contribution in [1.82, 2.24) is 4.90 Å². The average Bonchev–Trinajstić information content (AvgIpc) is 2.34. The minimum Gasteiger partial charge on any atom is -0.469 e. The number of likely N-dealkylation sites (tertiary alicyclic amines) is 1. The van der Waals surface area contributed by atoms with Gasteiger partial charge in [-0.2, -0.15) is 0 Å². The molecule has 0 aromatic carbocycles. The Balaban J connectivity index is 2.60. The summed E-state index contributed by atoms with van der Waals surface area (Å²) in [5.74, 6) is -0.842. The Labute approximate surface area is 88.4 Å². The molecule has 1 aliphatic heterocycles. The molecule has 0 aromatic rings. The SMILES string of the molecule is COC(=O)CCN1C(=O)CC(C)(C)C1=O. The Bertz CT molecular complexity index is 309. The molecule has 0 spiro atoms. The van der Waals surface area contributed by atoms with Gasteiger partial charge in [0.1, 0.15) is 0 Å². The summed E-state index contributed by atoms with van der Waals surface area (Å²) in [6.45, 7) is 3.57. The molecule has 1 rings (SSSR count). The molecule has 0 bridgehead atoms. The summed E-state index contributed by atoms with van der Waals surface area (Å²) in [5, 5.41) is 0. The second-order valence-electron chi connectivity index (χ2n) is 4.24. The highest BCUT2D eigenvalue weighted by molar-refractivity contribution is 6.05. The van der Waals surface area contributed by atoms with Crippen LogP contribution in [0.2, 0.25) is 0 Å². The van der Waals surface area contributed by atoms with Crippen LogP contribution in [-0.2, 0) is 19.1 Å². The summed E-state index contributed by atoms with van der Waals surface area (Å²) in [6.07, 6.45) is 0.275. The number of hydrogen-bond donors (Lipinski definition) is 0. The van der Waals surface area contributed by atoms with Crippen molar-refractivity contribution < 1.29 is 19.1 Å². The third kappa shape index (κ3) is 2.34. The summed E-state index contributed by atoms with van der Waals surface area (Å²) in [7, 11) is 1.28. The van der Waals surface area contributed by atoms with E-state index in [1.807, 2.05) is 0 Å². The fraction of sp³-hybridized carbons (Fsp3) is 0.700. The lowest BCUT2D eigenvalue weighted by atomic mass is 9.92. The Morgan fingerprint density at radius 2 is 2.07 bits per heavy atom. The first-order chi connectivity index (χ1) is 6.88. The van der Waals surface area contributed by atoms with Gasteiger partial charge in [-0.25, -0.2) is 0 Å². The zero-order chi connectivity index (χ0) is 11.6. The Morgan fingerprint density at radius 3 is 2.47 bits per heavy atom. The summed E-state index contributed by atoms with van der Waals surface area (Å²) in [5.41, 5.74) is -0.632. The fourth-order valence-electron chi connectivity index (χ4n) is 1.56. The standard InChI is InChI=1S/C10H15NO4/c1-10(2)6-7(12)11(9(10)14)5-4-8(13)15-3/h4-6H2,1-3H3. The zero-order valence-corrected chi connectivity index (χ0v) is 9.20. The summed E-state index contributed by atoms with van der Waals surface area (Å²) in [4.78, 5) is 35.2. The van der Waals surface area contributed by atoms with Crippen molar-refractivity contribution in [3.05, 3.63) is 0 Å². The Kier molecular flexibility index (Phi) is 3.12. The lowest BCUT2D eigenvalue weighted by molar-refractivity contribution is -0.144. The van der Waals surface area contributed by atoms with Gasteiger partial charge < -0.3 is 4.74 Å². The lowest BCUT2D eigenvalue weighted by Crippen LogP contribution is -2.34. The molecule has 1 fully saturated rings. The molecule has 1 heterocycles. The minimum atomic E-state index is -0.632. The van der Waals surface area contributed by atoms with Crippen LogP contribution in [0.5, 0.6) is 0 Å². The molecule has 0 radical (unpaired) electrons. The molecule has 0 atom stereocenters. The van der Waals surface area contributed by atoms with Crippen molar-refractivity contribution in [2.45, 2.75) is 26.7 Å². The third-order valence-electron chi connectivity index (χ3n) is 2.49. The van der Waals surface area contributed by atoms with Crippen molar-refractivity contribution in [3.8, 4) is 0 Å². The summed E-state index contributed by atoms with van der Waals surface area (Å²) >= 11 is 0. The van der Waals surface area contributed by atoms with E-state index in [1.165, 1.54) is 7.11 Å². The molecule has 5 heteroatoms. The number of methoxy groups -OCH3 is 1. The fourth-order valence-corrected chi connectivity index (χ4v) is 1.56. The lowest BCUT2D eigenvalue weighted by Gasteiger charge is -2.16. The molecule has 0 N–H and O–H groups in total. The molecule has 1 saturated heterocycles. The number of carbonyl (C=O) groups is 3. The molecule has 84 valence electrons. The first kappa shape index (κ1) is 11.7. The van der Waals surface area contributed by atoms with Gasteiger partial charge in [-0.3, -0.25) is 19.3 Å². The summed E-state index contributed by atoms with van der Waals surface area (Å²) in [6, 6.07) is 0. The number of amides is 2. The quantitative estimate of drug-likeness (QED) is 0.500. The largest absolute Gasteiger partial charge is 0.469 e. The molecule has 5 nitrogen and oxygen atoms in total. The second kappa shape index (κ2) is 4.00. The van der Waals surface area contributed by atoms with Crippen LogP contribution >= 0.6 is 0 Å². The van der Waals surface area contributed by atoms with Crippen LogP contribution in [0.15, 0.2) is 0 Å². The monoisotopic (exact) mass is 213 g/mol. The number of hydrogen-bond acceptors (Lipinski definition) is 4. The molecule has 0 aromatic heterocycles. The van der Waals surface area contributed by atoms with Crippen molar-refractivity contribution in [2.24, 2.45) is 5.41 Å². The van der Waals surface area contributed by atoms with Gasteiger partial charge in [0.15, 0.2) is 0 Å².